The van der Waals surface area contributed by atoms with E-state index < -0.39 is 0 Å². The summed E-state index contributed by atoms with van der Waals surface area (Å²) in [6.07, 6.45) is 7.95. The van der Waals surface area contributed by atoms with Gasteiger partial charge in [0.1, 0.15) is 11.7 Å². The first-order chi connectivity index (χ1) is 16.4. The number of aromatic nitrogens is 1. The van der Waals surface area contributed by atoms with Crippen molar-refractivity contribution in [1.82, 2.24) is 20.9 Å². The highest BCUT2D eigenvalue weighted by Gasteiger charge is 2.15. The number of aryl methyl sites for hydroxylation is 1. The lowest BCUT2D eigenvalue weighted by Gasteiger charge is -2.18. The van der Waals surface area contributed by atoms with Gasteiger partial charge in [-0.1, -0.05) is 34.1 Å². The van der Waals surface area contributed by atoms with Crippen LogP contribution in [0.4, 0.5) is 5.82 Å². The second-order valence-corrected chi connectivity index (χ2v) is 8.29. The molecule has 1 aliphatic rings. The van der Waals surface area contributed by atoms with E-state index in [-0.39, 0.29) is 17.3 Å². The first kappa shape index (κ1) is 24.7. The molecule has 1 amide bonds. The summed E-state index contributed by atoms with van der Waals surface area (Å²) in [5, 5.41) is 28.1. The smallest absolute Gasteiger partial charge is 0.254 e. The molecule has 0 spiro atoms. The van der Waals surface area contributed by atoms with E-state index in [9.17, 15) is 4.79 Å². The highest BCUT2D eigenvalue weighted by molar-refractivity contribution is 9.10. The number of pyridine rings is 1. The van der Waals surface area contributed by atoms with Crippen LogP contribution < -0.4 is 21.3 Å². The highest BCUT2D eigenvalue weighted by Crippen LogP contribution is 2.21. The molecule has 0 radical (unpaired) electrons. The van der Waals surface area contributed by atoms with Crippen molar-refractivity contribution in [3.05, 3.63) is 105 Å². The van der Waals surface area contributed by atoms with Crippen molar-refractivity contribution >= 4 is 39.7 Å². The number of allylic oxidation sites excluding steroid dienone is 2. The zero-order chi connectivity index (χ0) is 24.5. The number of halogens is 1. The van der Waals surface area contributed by atoms with Gasteiger partial charge < -0.3 is 26.7 Å². The van der Waals surface area contributed by atoms with Crippen molar-refractivity contribution in [1.29, 1.82) is 10.8 Å². The number of carbonyl (C=O) groups is 1. The first-order valence-electron chi connectivity index (χ1n) is 10.5. The minimum absolute atomic E-state index is 0.195. The van der Waals surface area contributed by atoms with Crippen molar-refractivity contribution in [3.8, 4) is 0 Å². The molecule has 1 aromatic carbocycles. The topological polar surface area (TPSA) is 126 Å². The molecule has 174 valence electrons. The maximum absolute atomic E-state index is 12.2. The van der Waals surface area contributed by atoms with Crippen LogP contribution in [0.5, 0.6) is 0 Å². The Bertz CT molecular complexity index is 1230. The number of likely N-dealkylation sites (N-methyl/N-ethyl adjacent to an activating group) is 1. The summed E-state index contributed by atoms with van der Waals surface area (Å²) in [5.74, 6) is 0.459. The van der Waals surface area contributed by atoms with Crippen molar-refractivity contribution in [2.45, 2.75) is 13.5 Å². The number of hydrogen-bond acceptors (Lipinski definition) is 6. The van der Waals surface area contributed by atoms with Crippen LogP contribution in [0.2, 0.25) is 0 Å². The average Bonchev–Trinajstić information content (AvgIpc) is 2.83. The first-order valence-corrected chi connectivity index (χ1v) is 11.3. The van der Waals surface area contributed by atoms with Crippen LogP contribution in [0.25, 0.3) is 0 Å². The Hall–Kier alpha value is -3.98. The third kappa shape index (κ3) is 6.76. The lowest BCUT2D eigenvalue weighted by Crippen LogP contribution is -2.25. The fourth-order valence-corrected chi connectivity index (χ4v) is 3.62. The van der Waals surface area contributed by atoms with Crippen molar-refractivity contribution in [2.24, 2.45) is 0 Å². The predicted octanol–water partition coefficient (Wildman–Crippen LogP) is 3.91. The normalized spacial score (nSPS) is 14.4. The summed E-state index contributed by atoms with van der Waals surface area (Å²) in [5.41, 5.74) is 3.89. The average molecular weight is 520 g/mol. The number of nitrogens with zero attached hydrogens (tertiary/aromatic N) is 1. The van der Waals surface area contributed by atoms with E-state index in [1.807, 2.05) is 55.5 Å². The summed E-state index contributed by atoms with van der Waals surface area (Å²) in [7, 11) is 1.52. The van der Waals surface area contributed by atoms with E-state index in [2.05, 4.69) is 42.2 Å². The molecular formula is C25H26BrN7O. The van der Waals surface area contributed by atoms with Crippen molar-refractivity contribution < 1.29 is 4.79 Å². The third-order valence-corrected chi connectivity index (χ3v) is 5.32. The third-order valence-electron chi connectivity index (χ3n) is 4.83. The molecule has 0 unspecified atom stereocenters. The molecule has 0 bridgehead atoms. The highest BCUT2D eigenvalue weighted by atomic mass is 79.9. The number of rotatable bonds is 8. The fourth-order valence-electron chi connectivity index (χ4n) is 3.17. The van der Waals surface area contributed by atoms with Gasteiger partial charge in [0.05, 0.1) is 17.0 Å². The standard InChI is InChI=1S/C25H26BrN7O/c1-16-5-3-8-24(32-16)33-21(13-23(28)31-15-17-6-4-7-19(26)11-17)18-9-10-30-22(12-18)20(14-27)25(34)29-2/h3-14,27,30H,15H2,1-2H3,(H2,28,31)(H,29,34)(H,32,33)/b21-13-,22-20+,27-14?. The number of anilines is 1. The lowest BCUT2D eigenvalue weighted by atomic mass is 10.0. The number of amidine groups is 1. The van der Waals surface area contributed by atoms with Gasteiger partial charge in [-0.25, -0.2) is 4.98 Å². The maximum atomic E-state index is 12.2. The minimum Gasteiger partial charge on any atom is -0.366 e. The fraction of sp³-hybridized carbons (Fsp3) is 0.120. The second kappa shape index (κ2) is 11.8. The molecule has 1 aromatic heterocycles. The van der Waals surface area contributed by atoms with Gasteiger partial charge in [-0.3, -0.25) is 10.2 Å². The Morgan fingerprint density at radius 3 is 2.74 bits per heavy atom. The molecule has 8 nitrogen and oxygen atoms in total. The molecule has 3 rings (SSSR count). The summed E-state index contributed by atoms with van der Waals surface area (Å²) >= 11 is 3.46. The monoisotopic (exact) mass is 519 g/mol. The van der Waals surface area contributed by atoms with E-state index in [0.717, 1.165) is 21.9 Å². The van der Waals surface area contributed by atoms with Gasteiger partial charge in [0.25, 0.3) is 5.91 Å². The van der Waals surface area contributed by atoms with Crippen LogP contribution in [0.15, 0.2) is 93.9 Å². The van der Waals surface area contributed by atoms with Gasteiger partial charge in [-0.2, -0.15) is 0 Å². The summed E-state index contributed by atoms with van der Waals surface area (Å²) < 4.78 is 0.976. The lowest BCUT2D eigenvalue weighted by molar-refractivity contribution is -0.116. The molecule has 1 aliphatic heterocycles. The SMILES string of the molecule is CNC(=O)/C(C=N)=C1C=C(/C(=C/C(=N)NCc2cccc(Br)c2)Nc2cccc(C)n2)C=CN\1. The van der Waals surface area contributed by atoms with Crippen molar-refractivity contribution in [3.63, 3.8) is 0 Å². The molecule has 0 saturated carbocycles. The minimum atomic E-state index is -0.370. The van der Waals surface area contributed by atoms with Gasteiger partial charge in [0.2, 0.25) is 0 Å². The van der Waals surface area contributed by atoms with E-state index in [1.54, 1.807) is 18.4 Å². The largest absolute Gasteiger partial charge is 0.366 e. The van der Waals surface area contributed by atoms with Crippen LogP contribution in [0.1, 0.15) is 11.3 Å². The van der Waals surface area contributed by atoms with Crippen LogP contribution >= 0.6 is 15.9 Å². The zero-order valence-corrected chi connectivity index (χ0v) is 20.5. The molecule has 0 fully saturated rings. The van der Waals surface area contributed by atoms with Crippen LogP contribution in [-0.4, -0.2) is 30.0 Å². The van der Waals surface area contributed by atoms with E-state index in [0.29, 0.717) is 29.3 Å². The van der Waals surface area contributed by atoms with Crippen LogP contribution in [-0.2, 0) is 11.3 Å². The summed E-state index contributed by atoms with van der Waals surface area (Å²) in [4.78, 5) is 16.7. The summed E-state index contributed by atoms with van der Waals surface area (Å²) in [6, 6.07) is 13.5. The molecule has 0 saturated heterocycles. The number of benzene rings is 1. The number of carbonyl (C=O) groups excluding carboxylic acids is 1. The number of hydrogen-bond donors (Lipinski definition) is 6. The van der Waals surface area contributed by atoms with E-state index >= 15 is 0 Å². The molecule has 0 atom stereocenters. The van der Waals surface area contributed by atoms with Gasteiger partial charge >= 0.3 is 0 Å². The molecule has 34 heavy (non-hydrogen) atoms. The second-order valence-electron chi connectivity index (χ2n) is 7.37. The number of nitrogens with one attached hydrogen (secondary N) is 6. The van der Waals surface area contributed by atoms with Crippen LogP contribution in [0, 0.1) is 17.7 Å². The Morgan fingerprint density at radius 1 is 1.24 bits per heavy atom. The molecular weight excluding hydrogens is 494 g/mol. The zero-order valence-electron chi connectivity index (χ0n) is 18.9. The predicted molar refractivity (Wildman–Crippen MR) is 140 cm³/mol. The Labute approximate surface area is 207 Å². The van der Waals surface area contributed by atoms with Gasteiger partial charge in [-0.05, 0) is 48.9 Å². The molecule has 2 heterocycles. The van der Waals surface area contributed by atoms with Crippen LogP contribution in [0.3, 0.4) is 0 Å². The Balaban J connectivity index is 1.93. The van der Waals surface area contributed by atoms with Gasteiger partial charge in [0, 0.05) is 47.8 Å². The van der Waals surface area contributed by atoms with Gasteiger partial charge in [0.15, 0.2) is 0 Å². The number of dihydropyridines is 1. The maximum Gasteiger partial charge on any atom is 0.254 e. The molecule has 2 aromatic rings. The Morgan fingerprint density at radius 2 is 2.03 bits per heavy atom. The molecule has 0 aliphatic carbocycles. The molecule has 6 N–H and O–H groups in total. The van der Waals surface area contributed by atoms with E-state index in [4.69, 9.17) is 10.8 Å². The Kier molecular flexibility index (Phi) is 8.53. The van der Waals surface area contributed by atoms with Gasteiger partial charge in [-0.15, -0.1) is 0 Å². The van der Waals surface area contributed by atoms with Crippen molar-refractivity contribution in [2.75, 3.05) is 12.4 Å². The van der Waals surface area contributed by atoms with E-state index in [1.165, 1.54) is 7.05 Å². The number of amides is 1. The summed E-state index contributed by atoms with van der Waals surface area (Å²) in [6.45, 7) is 2.39. The quantitative estimate of drug-likeness (QED) is 0.179. The molecule has 9 heteroatoms.